The molecule has 1 rings (SSSR count). The largest absolute Gasteiger partial charge is 0.475 e. The molecule has 0 atom stereocenters. The molecule has 0 radical (unpaired) electrons. The van der Waals surface area contributed by atoms with Crippen LogP contribution < -0.4 is 10.5 Å². The second-order valence-corrected chi connectivity index (χ2v) is 3.16. The highest BCUT2D eigenvalue weighted by Crippen LogP contribution is 2.13. The maximum Gasteiger partial charge on any atom is 0.240 e. The van der Waals surface area contributed by atoms with Crippen LogP contribution >= 0.6 is 0 Å². The standard InChI is InChI=1S/C10H18N4O/c1-3-14(4-2)5-6-15-10-9(11)7-12-8-13-10/h7-8H,3-6,11H2,1-2H3. The van der Waals surface area contributed by atoms with Gasteiger partial charge in [0.25, 0.3) is 0 Å². The summed E-state index contributed by atoms with van der Waals surface area (Å²) in [6.07, 6.45) is 2.98. The van der Waals surface area contributed by atoms with E-state index in [1.54, 1.807) is 6.20 Å². The predicted octanol–water partition coefficient (Wildman–Crippen LogP) is 0.779. The van der Waals surface area contributed by atoms with E-state index in [4.69, 9.17) is 10.5 Å². The third kappa shape index (κ3) is 3.71. The van der Waals surface area contributed by atoms with Gasteiger partial charge in [-0.1, -0.05) is 13.8 Å². The molecule has 5 heteroatoms. The summed E-state index contributed by atoms with van der Waals surface area (Å²) >= 11 is 0. The molecule has 15 heavy (non-hydrogen) atoms. The Kier molecular flexibility index (Phi) is 4.83. The highest BCUT2D eigenvalue weighted by Gasteiger charge is 2.02. The second kappa shape index (κ2) is 6.19. The molecule has 2 N–H and O–H groups in total. The molecule has 1 heterocycles. The Balaban J connectivity index is 2.34. The number of anilines is 1. The zero-order valence-electron chi connectivity index (χ0n) is 9.31. The third-order valence-corrected chi connectivity index (χ3v) is 2.24. The molecule has 0 fully saturated rings. The lowest BCUT2D eigenvalue weighted by Gasteiger charge is -2.17. The number of likely N-dealkylation sites (N-methyl/N-ethyl adjacent to an activating group) is 1. The van der Waals surface area contributed by atoms with Crippen LogP contribution in [-0.4, -0.2) is 41.1 Å². The van der Waals surface area contributed by atoms with Crippen LogP contribution in [-0.2, 0) is 0 Å². The van der Waals surface area contributed by atoms with Gasteiger partial charge in [0, 0.05) is 6.54 Å². The molecule has 0 unspecified atom stereocenters. The minimum Gasteiger partial charge on any atom is -0.475 e. The summed E-state index contributed by atoms with van der Waals surface area (Å²) < 4.78 is 5.45. The van der Waals surface area contributed by atoms with Gasteiger partial charge < -0.3 is 15.4 Å². The van der Waals surface area contributed by atoms with Gasteiger partial charge in [0.15, 0.2) is 0 Å². The summed E-state index contributed by atoms with van der Waals surface area (Å²) in [7, 11) is 0. The van der Waals surface area contributed by atoms with Crippen molar-refractivity contribution in [3.8, 4) is 5.88 Å². The molecule has 0 spiro atoms. The lowest BCUT2D eigenvalue weighted by atomic mass is 10.5. The second-order valence-electron chi connectivity index (χ2n) is 3.16. The smallest absolute Gasteiger partial charge is 0.240 e. The number of nitrogens with two attached hydrogens (primary N) is 1. The van der Waals surface area contributed by atoms with Crippen LogP contribution in [0.4, 0.5) is 5.69 Å². The van der Waals surface area contributed by atoms with Crippen LogP contribution in [0.1, 0.15) is 13.8 Å². The van der Waals surface area contributed by atoms with Crippen LogP contribution in [0.2, 0.25) is 0 Å². The average Bonchev–Trinajstić information content (AvgIpc) is 2.27. The number of nitrogens with zero attached hydrogens (tertiary/aromatic N) is 3. The van der Waals surface area contributed by atoms with E-state index < -0.39 is 0 Å². The first-order valence-corrected chi connectivity index (χ1v) is 5.18. The van der Waals surface area contributed by atoms with Crippen LogP contribution in [0.5, 0.6) is 5.88 Å². The average molecular weight is 210 g/mol. The first-order chi connectivity index (χ1) is 7.27. The van der Waals surface area contributed by atoms with E-state index in [0.717, 1.165) is 19.6 Å². The van der Waals surface area contributed by atoms with Crippen molar-refractivity contribution in [2.45, 2.75) is 13.8 Å². The van der Waals surface area contributed by atoms with Crippen LogP contribution in [0, 0.1) is 0 Å². The van der Waals surface area contributed by atoms with Crippen molar-refractivity contribution >= 4 is 5.69 Å². The molecule has 1 aromatic rings. The Bertz CT molecular complexity index is 289. The van der Waals surface area contributed by atoms with E-state index in [0.29, 0.717) is 18.2 Å². The summed E-state index contributed by atoms with van der Waals surface area (Å²) in [6, 6.07) is 0. The van der Waals surface area contributed by atoms with E-state index in [1.165, 1.54) is 6.33 Å². The Morgan fingerprint density at radius 3 is 2.73 bits per heavy atom. The van der Waals surface area contributed by atoms with Crippen LogP contribution in [0.25, 0.3) is 0 Å². The Morgan fingerprint density at radius 1 is 1.40 bits per heavy atom. The number of hydrogen-bond acceptors (Lipinski definition) is 5. The van der Waals surface area contributed by atoms with Gasteiger partial charge in [-0.2, -0.15) is 0 Å². The molecule has 0 aliphatic heterocycles. The van der Waals surface area contributed by atoms with Gasteiger partial charge in [-0.25, -0.2) is 9.97 Å². The van der Waals surface area contributed by atoms with E-state index in [1.807, 2.05) is 0 Å². The molecule has 0 aliphatic carbocycles. The van der Waals surface area contributed by atoms with Gasteiger partial charge in [0.1, 0.15) is 18.6 Å². The molecule has 0 aromatic carbocycles. The van der Waals surface area contributed by atoms with Gasteiger partial charge in [0.2, 0.25) is 5.88 Å². The van der Waals surface area contributed by atoms with Gasteiger partial charge in [-0.15, -0.1) is 0 Å². The Hall–Kier alpha value is -1.36. The molecule has 1 aromatic heterocycles. The summed E-state index contributed by atoms with van der Waals surface area (Å²) in [4.78, 5) is 10.0. The molecule has 0 amide bonds. The summed E-state index contributed by atoms with van der Waals surface area (Å²) in [6.45, 7) is 7.79. The number of aromatic nitrogens is 2. The topological polar surface area (TPSA) is 64.3 Å². The Morgan fingerprint density at radius 2 is 2.13 bits per heavy atom. The van der Waals surface area contributed by atoms with E-state index >= 15 is 0 Å². The number of hydrogen-bond donors (Lipinski definition) is 1. The van der Waals surface area contributed by atoms with E-state index in [9.17, 15) is 0 Å². The van der Waals surface area contributed by atoms with Gasteiger partial charge in [-0.3, -0.25) is 0 Å². The fourth-order valence-corrected chi connectivity index (χ4v) is 1.26. The van der Waals surface area contributed by atoms with Crippen molar-refractivity contribution in [3.05, 3.63) is 12.5 Å². The third-order valence-electron chi connectivity index (χ3n) is 2.24. The first kappa shape index (κ1) is 11.7. The van der Waals surface area contributed by atoms with Crippen molar-refractivity contribution in [2.75, 3.05) is 32.0 Å². The number of ether oxygens (including phenoxy) is 1. The Labute approximate surface area is 90.3 Å². The fraction of sp³-hybridized carbons (Fsp3) is 0.600. The predicted molar refractivity (Wildman–Crippen MR) is 59.7 cm³/mol. The van der Waals surface area contributed by atoms with Gasteiger partial charge in [-0.05, 0) is 13.1 Å². The molecule has 0 saturated heterocycles. The van der Waals surface area contributed by atoms with Crippen molar-refractivity contribution in [1.82, 2.24) is 14.9 Å². The number of nitrogen functional groups attached to an aromatic ring is 1. The lowest BCUT2D eigenvalue weighted by molar-refractivity contribution is 0.218. The molecule has 84 valence electrons. The van der Waals surface area contributed by atoms with Gasteiger partial charge in [0.05, 0.1) is 6.20 Å². The maximum absolute atomic E-state index is 5.64. The molecular weight excluding hydrogens is 192 g/mol. The molecule has 0 aliphatic rings. The summed E-state index contributed by atoms with van der Waals surface area (Å²) in [5, 5.41) is 0. The highest BCUT2D eigenvalue weighted by molar-refractivity contribution is 5.44. The number of rotatable bonds is 6. The van der Waals surface area contributed by atoms with Gasteiger partial charge >= 0.3 is 0 Å². The summed E-state index contributed by atoms with van der Waals surface area (Å²) in [5.41, 5.74) is 6.12. The van der Waals surface area contributed by atoms with Crippen LogP contribution in [0.15, 0.2) is 12.5 Å². The van der Waals surface area contributed by atoms with Crippen molar-refractivity contribution < 1.29 is 4.74 Å². The maximum atomic E-state index is 5.64. The van der Waals surface area contributed by atoms with Crippen LogP contribution in [0.3, 0.4) is 0 Å². The first-order valence-electron chi connectivity index (χ1n) is 5.18. The monoisotopic (exact) mass is 210 g/mol. The highest BCUT2D eigenvalue weighted by atomic mass is 16.5. The quantitative estimate of drug-likeness (QED) is 0.751. The van der Waals surface area contributed by atoms with E-state index in [2.05, 4.69) is 28.7 Å². The lowest BCUT2D eigenvalue weighted by Crippen LogP contribution is -2.28. The zero-order chi connectivity index (χ0) is 11.1. The molecule has 5 nitrogen and oxygen atoms in total. The van der Waals surface area contributed by atoms with Crippen molar-refractivity contribution in [3.63, 3.8) is 0 Å². The normalized spacial score (nSPS) is 10.6. The molecule has 0 bridgehead atoms. The van der Waals surface area contributed by atoms with Crippen molar-refractivity contribution in [2.24, 2.45) is 0 Å². The minimum absolute atomic E-state index is 0.470. The fourth-order valence-electron chi connectivity index (χ4n) is 1.26. The molecular formula is C10H18N4O. The van der Waals surface area contributed by atoms with E-state index in [-0.39, 0.29) is 0 Å². The van der Waals surface area contributed by atoms with Crippen molar-refractivity contribution in [1.29, 1.82) is 0 Å². The summed E-state index contributed by atoms with van der Waals surface area (Å²) in [5.74, 6) is 0.470. The molecule has 0 saturated carbocycles. The zero-order valence-corrected chi connectivity index (χ0v) is 9.31. The SMILES string of the molecule is CCN(CC)CCOc1ncncc1N. The minimum atomic E-state index is 0.470.